The first-order valence-corrected chi connectivity index (χ1v) is 8.30. The number of benzene rings is 2. The molecule has 1 saturated heterocycles. The van der Waals surface area contributed by atoms with Gasteiger partial charge in [-0.2, -0.15) is 0 Å². The lowest BCUT2D eigenvalue weighted by molar-refractivity contribution is 0.103. The maximum atomic E-state index is 12.5. The number of hydrogen-bond acceptors (Lipinski definition) is 3. The molecule has 0 spiro atoms. The van der Waals surface area contributed by atoms with Gasteiger partial charge in [0.1, 0.15) is 0 Å². The zero-order chi connectivity index (χ0) is 16.2. The molecule has 0 aliphatic carbocycles. The van der Waals surface area contributed by atoms with E-state index >= 15 is 0 Å². The van der Waals surface area contributed by atoms with Gasteiger partial charge in [-0.05, 0) is 24.7 Å². The van der Waals surface area contributed by atoms with Crippen molar-refractivity contribution in [3.05, 3.63) is 70.2 Å². The Kier molecular flexibility index (Phi) is 5.11. The maximum Gasteiger partial charge on any atom is 0.193 e. The van der Waals surface area contributed by atoms with Crippen molar-refractivity contribution in [3.8, 4) is 0 Å². The molecule has 2 aromatic rings. The number of ketones is 1. The minimum Gasteiger partial charge on any atom is -0.304 e. The average molecular weight is 329 g/mol. The first-order chi connectivity index (χ1) is 11.1. The van der Waals surface area contributed by atoms with Gasteiger partial charge in [0.05, 0.1) is 0 Å². The lowest BCUT2D eigenvalue weighted by atomic mass is 10.0. The van der Waals surface area contributed by atoms with Gasteiger partial charge in [0.2, 0.25) is 0 Å². The summed E-state index contributed by atoms with van der Waals surface area (Å²) < 4.78 is 0. The first-order valence-electron chi connectivity index (χ1n) is 7.92. The van der Waals surface area contributed by atoms with E-state index in [-0.39, 0.29) is 5.78 Å². The van der Waals surface area contributed by atoms with Crippen LogP contribution in [-0.4, -0.2) is 48.8 Å². The van der Waals surface area contributed by atoms with E-state index in [2.05, 4.69) is 29.0 Å². The molecular formula is C19H21ClN2O. The maximum absolute atomic E-state index is 12.5. The Morgan fingerprint density at radius 3 is 2.35 bits per heavy atom. The normalized spacial score (nSPS) is 16.4. The Labute approximate surface area is 142 Å². The number of nitrogens with zero attached hydrogens (tertiary/aromatic N) is 2. The Morgan fingerprint density at radius 1 is 1.00 bits per heavy atom. The average Bonchev–Trinajstić information content (AvgIpc) is 2.57. The van der Waals surface area contributed by atoms with Gasteiger partial charge in [-0.1, -0.05) is 48.0 Å². The van der Waals surface area contributed by atoms with Gasteiger partial charge in [0.25, 0.3) is 0 Å². The molecule has 0 radical (unpaired) electrons. The van der Waals surface area contributed by atoms with Crippen LogP contribution in [-0.2, 0) is 6.54 Å². The SMILES string of the molecule is CN1CCN(Cc2ccc(C(=O)c3cccc(Cl)c3)cc2)CC1. The van der Waals surface area contributed by atoms with Crippen molar-refractivity contribution in [1.82, 2.24) is 9.80 Å². The summed E-state index contributed by atoms with van der Waals surface area (Å²) in [5, 5.41) is 0.586. The molecule has 0 atom stereocenters. The van der Waals surface area contributed by atoms with E-state index in [9.17, 15) is 4.79 Å². The molecule has 0 unspecified atom stereocenters. The van der Waals surface area contributed by atoms with Crippen LogP contribution in [0.15, 0.2) is 48.5 Å². The van der Waals surface area contributed by atoms with Crippen molar-refractivity contribution in [2.75, 3.05) is 33.2 Å². The zero-order valence-corrected chi connectivity index (χ0v) is 14.1. The molecule has 0 saturated carbocycles. The molecule has 120 valence electrons. The molecule has 1 aliphatic rings. The van der Waals surface area contributed by atoms with Crippen LogP contribution in [0, 0.1) is 0 Å². The molecule has 4 heteroatoms. The fourth-order valence-electron chi connectivity index (χ4n) is 2.82. The van der Waals surface area contributed by atoms with Crippen LogP contribution in [0.3, 0.4) is 0 Å². The van der Waals surface area contributed by atoms with Crippen LogP contribution in [0.2, 0.25) is 5.02 Å². The van der Waals surface area contributed by atoms with E-state index < -0.39 is 0 Å². The summed E-state index contributed by atoms with van der Waals surface area (Å²) in [4.78, 5) is 17.3. The second kappa shape index (κ2) is 7.26. The van der Waals surface area contributed by atoms with Gasteiger partial charge in [0, 0.05) is 48.9 Å². The number of hydrogen-bond donors (Lipinski definition) is 0. The summed E-state index contributed by atoms with van der Waals surface area (Å²) in [5.41, 5.74) is 2.58. The highest BCUT2D eigenvalue weighted by atomic mass is 35.5. The van der Waals surface area contributed by atoms with Gasteiger partial charge in [-0.3, -0.25) is 9.69 Å². The van der Waals surface area contributed by atoms with E-state index in [1.54, 1.807) is 24.3 Å². The number of rotatable bonds is 4. The monoisotopic (exact) mass is 328 g/mol. The molecule has 0 bridgehead atoms. The van der Waals surface area contributed by atoms with Crippen molar-refractivity contribution >= 4 is 17.4 Å². The fraction of sp³-hybridized carbons (Fsp3) is 0.316. The molecule has 0 amide bonds. The Morgan fingerprint density at radius 2 is 1.70 bits per heavy atom. The third-order valence-corrected chi connectivity index (χ3v) is 4.54. The molecular weight excluding hydrogens is 308 g/mol. The summed E-state index contributed by atoms with van der Waals surface area (Å²) in [6, 6.07) is 15.0. The standard InChI is InChI=1S/C19H21ClN2O/c1-21-9-11-22(12-10-21)14-15-5-7-16(8-6-15)19(23)17-3-2-4-18(20)13-17/h2-8,13H,9-12,14H2,1H3. The molecule has 1 heterocycles. The van der Waals surface area contributed by atoms with E-state index in [1.165, 1.54) is 5.56 Å². The van der Waals surface area contributed by atoms with E-state index in [4.69, 9.17) is 11.6 Å². The topological polar surface area (TPSA) is 23.6 Å². The van der Waals surface area contributed by atoms with E-state index in [0.29, 0.717) is 16.1 Å². The molecule has 3 rings (SSSR count). The van der Waals surface area contributed by atoms with Crippen molar-refractivity contribution < 1.29 is 4.79 Å². The van der Waals surface area contributed by atoms with Crippen LogP contribution in [0.5, 0.6) is 0 Å². The second-order valence-corrected chi connectivity index (χ2v) is 6.55. The molecule has 1 fully saturated rings. The predicted molar refractivity (Wildman–Crippen MR) is 94.1 cm³/mol. The predicted octanol–water partition coefficient (Wildman–Crippen LogP) is 3.32. The summed E-state index contributed by atoms with van der Waals surface area (Å²) in [5.74, 6) is 0.0126. The van der Waals surface area contributed by atoms with Crippen molar-refractivity contribution in [3.63, 3.8) is 0 Å². The smallest absolute Gasteiger partial charge is 0.193 e. The number of likely N-dealkylation sites (N-methyl/N-ethyl adjacent to an activating group) is 1. The van der Waals surface area contributed by atoms with Crippen LogP contribution in [0.25, 0.3) is 0 Å². The van der Waals surface area contributed by atoms with Crippen molar-refractivity contribution in [1.29, 1.82) is 0 Å². The number of halogens is 1. The summed E-state index contributed by atoms with van der Waals surface area (Å²) in [6.07, 6.45) is 0. The first kappa shape index (κ1) is 16.2. The lowest BCUT2D eigenvalue weighted by Crippen LogP contribution is -2.43. The molecule has 2 aromatic carbocycles. The minimum absolute atomic E-state index is 0.0126. The van der Waals surface area contributed by atoms with Crippen LogP contribution >= 0.6 is 11.6 Å². The lowest BCUT2D eigenvalue weighted by Gasteiger charge is -2.32. The highest BCUT2D eigenvalue weighted by Crippen LogP contribution is 2.16. The van der Waals surface area contributed by atoms with Gasteiger partial charge >= 0.3 is 0 Å². The Bertz CT molecular complexity index is 676. The summed E-state index contributed by atoms with van der Waals surface area (Å²) >= 11 is 5.96. The van der Waals surface area contributed by atoms with Gasteiger partial charge < -0.3 is 4.90 Å². The molecule has 0 N–H and O–H groups in total. The molecule has 23 heavy (non-hydrogen) atoms. The van der Waals surface area contributed by atoms with Crippen LogP contribution < -0.4 is 0 Å². The van der Waals surface area contributed by atoms with Gasteiger partial charge in [-0.15, -0.1) is 0 Å². The van der Waals surface area contributed by atoms with Crippen LogP contribution in [0.4, 0.5) is 0 Å². The highest BCUT2D eigenvalue weighted by Gasteiger charge is 2.14. The number of carbonyl (C=O) groups is 1. The quantitative estimate of drug-likeness (QED) is 0.804. The van der Waals surface area contributed by atoms with E-state index in [1.807, 2.05) is 12.1 Å². The molecule has 3 nitrogen and oxygen atoms in total. The highest BCUT2D eigenvalue weighted by molar-refractivity contribution is 6.31. The largest absolute Gasteiger partial charge is 0.304 e. The zero-order valence-electron chi connectivity index (χ0n) is 13.3. The van der Waals surface area contributed by atoms with Crippen molar-refractivity contribution in [2.45, 2.75) is 6.54 Å². The van der Waals surface area contributed by atoms with E-state index in [0.717, 1.165) is 32.7 Å². The minimum atomic E-state index is 0.0126. The van der Waals surface area contributed by atoms with Gasteiger partial charge in [0.15, 0.2) is 5.78 Å². The summed E-state index contributed by atoms with van der Waals surface area (Å²) in [6.45, 7) is 5.37. The second-order valence-electron chi connectivity index (χ2n) is 6.12. The van der Waals surface area contributed by atoms with Gasteiger partial charge in [-0.25, -0.2) is 0 Å². The Balaban J connectivity index is 1.66. The molecule has 0 aromatic heterocycles. The number of carbonyl (C=O) groups excluding carboxylic acids is 1. The number of piperazine rings is 1. The summed E-state index contributed by atoms with van der Waals surface area (Å²) in [7, 11) is 2.16. The van der Waals surface area contributed by atoms with Crippen molar-refractivity contribution in [2.24, 2.45) is 0 Å². The third kappa shape index (κ3) is 4.20. The fourth-order valence-corrected chi connectivity index (χ4v) is 3.01. The molecule has 1 aliphatic heterocycles. The third-order valence-electron chi connectivity index (χ3n) is 4.31. The van der Waals surface area contributed by atoms with Crippen LogP contribution in [0.1, 0.15) is 21.5 Å². The Hall–Kier alpha value is -1.68.